The molecule has 3 unspecified atom stereocenters. The van der Waals surface area contributed by atoms with Gasteiger partial charge in [0.05, 0.1) is 5.92 Å². The van der Waals surface area contributed by atoms with E-state index in [-0.39, 0.29) is 36.4 Å². The summed E-state index contributed by atoms with van der Waals surface area (Å²) in [4.78, 5) is 29.1. The second-order valence-corrected chi connectivity index (χ2v) is 7.26. The van der Waals surface area contributed by atoms with Crippen molar-refractivity contribution in [1.29, 1.82) is 0 Å². The van der Waals surface area contributed by atoms with Gasteiger partial charge in [-0.2, -0.15) is 0 Å². The first-order chi connectivity index (χ1) is 12.0. The number of nitrogens with one attached hydrogen (secondary N) is 2. The molecule has 0 spiro atoms. The molecule has 2 saturated heterocycles. The first-order valence-electron chi connectivity index (χ1n) is 8.86. The number of carbonyl (C=O) groups is 2. The van der Waals surface area contributed by atoms with Crippen LogP contribution in [0.25, 0.3) is 0 Å². The van der Waals surface area contributed by atoms with Gasteiger partial charge in [0.2, 0.25) is 11.8 Å². The minimum atomic E-state index is -0.114. The van der Waals surface area contributed by atoms with Gasteiger partial charge in [-0.1, -0.05) is 24.9 Å². The Kier molecular flexibility index (Phi) is 5.61. The highest BCUT2D eigenvalue weighted by molar-refractivity contribution is 6.30. The summed E-state index contributed by atoms with van der Waals surface area (Å²) < 4.78 is 0. The van der Waals surface area contributed by atoms with Crippen molar-refractivity contribution in [2.75, 3.05) is 24.5 Å². The molecule has 1 aromatic carbocycles. The molecule has 0 bridgehead atoms. The molecular formula is C18H25ClN4O2. The third-order valence-corrected chi connectivity index (χ3v) is 5.27. The number of halogens is 1. The lowest BCUT2D eigenvalue weighted by Crippen LogP contribution is -2.59. The lowest BCUT2D eigenvalue weighted by molar-refractivity contribution is -0.142. The van der Waals surface area contributed by atoms with Gasteiger partial charge < -0.3 is 9.80 Å². The van der Waals surface area contributed by atoms with Crippen molar-refractivity contribution in [2.24, 2.45) is 5.92 Å². The van der Waals surface area contributed by atoms with Crippen LogP contribution in [-0.2, 0) is 9.59 Å². The highest BCUT2D eigenvalue weighted by atomic mass is 35.5. The predicted molar refractivity (Wildman–Crippen MR) is 98.3 cm³/mol. The van der Waals surface area contributed by atoms with Crippen LogP contribution >= 0.6 is 11.6 Å². The molecule has 2 fully saturated rings. The molecule has 1 aromatic rings. The van der Waals surface area contributed by atoms with Gasteiger partial charge >= 0.3 is 0 Å². The zero-order valence-electron chi connectivity index (χ0n) is 14.7. The molecule has 3 atom stereocenters. The molecular weight excluding hydrogens is 340 g/mol. The molecule has 2 N–H and O–H groups in total. The second-order valence-electron chi connectivity index (χ2n) is 6.82. The number of piperazine rings is 1. The summed E-state index contributed by atoms with van der Waals surface area (Å²) in [7, 11) is 0. The second kappa shape index (κ2) is 7.72. The minimum Gasteiger partial charge on any atom is -0.329 e. The quantitative estimate of drug-likeness (QED) is 0.855. The van der Waals surface area contributed by atoms with E-state index < -0.39 is 0 Å². The van der Waals surface area contributed by atoms with Crippen LogP contribution in [0.5, 0.6) is 0 Å². The fourth-order valence-corrected chi connectivity index (χ4v) is 3.74. The molecule has 0 radical (unpaired) electrons. The highest BCUT2D eigenvalue weighted by Gasteiger charge is 2.40. The number of carbonyl (C=O) groups excluding carboxylic acids is 2. The van der Waals surface area contributed by atoms with Crippen molar-refractivity contribution in [1.82, 2.24) is 15.8 Å². The summed E-state index contributed by atoms with van der Waals surface area (Å²) in [5.74, 6) is -0.107. The molecule has 7 heteroatoms. The maximum absolute atomic E-state index is 13.0. The Balaban J connectivity index is 1.70. The Labute approximate surface area is 153 Å². The van der Waals surface area contributed by atoms with E-state index in [9.17, 15) is 9.59 Å². The number of hydrogen-bond acceptors (Lipinski definition) is 4. The van der Waals surface area contributed by atoms with Gasteiger partial charge in [0, 0.05) is 35.9 Å². The average molecular weight is 365 g/mol. The maximum atomic E-state index is 13.0. The first-order valence-corrected chi connectivity index (χ1v) is 9.24. The zero-order chi connectivity index (χ0) is 18.0. The van der Waals surface area contributed by atoms with Gasteiger partial charge in [-0.05, 0) is 37.6 Å². The monoisotopic (exact) mass is 364 g/mol. The standard InChI is InChI=1S/C18H25ClN4O2/c1-3-4-16-15(9-20-21-16)18(25)22-11-17(24)23(10-12(22)2)14-7-5-13(19)6-8-14/h5-8,12,15-16,20-21H,3-4,9-11H2,1-2H3. The normalized spacial score (nSPS) is 27.0. The lowest BCUT2D eigenvalue weighted by Gasteiger charge is -2.40. The van der Waals surface area contributed by atoms with E-state index in [1.165, 1.54) is 0 Å². The molecule has 0 aliphatic carbocycles. The van der Waals surface area contributed by atoms with Gasteiger partial charge in [-0.25, -0.2) is 0 Å². The van der Waals surface area contributed by atoms with Crippen LogP contribution in [0, 0.1) is 5.92 Å². The predicted octanol–water partition coefficient (Wildman–Crippen LogP) is 1.80. The van der Waals surface area contributed by atoms with E-state index in [0.717, 1.165) is 18.5 Å². The fourth-order valence-electron chi connectivity index (χ4n) is 3.62. The largest absolute Gasteiger partial charge is 0.329 e. The zero-order valence-corrected chi connectivity index (χ0v) is 15.4. The highest BCUT2D eigenvalue weighted by Crippen LogP contribution is 2.24. The number of anilines is 1. The molecule has 2 aliphatic heterocycles. The molecule has 0 saturated carbocycles. The molecule has 6 nitrogen and oxygen atoms in total. The molecule has 2 aliphatic rings. The average Bonchev–Trinajstić information content (AvgIpc) is 3.05. The van der Waals surface area contributed by atoms with Crippen LogP contribution in [0.4, 0.5) is 5.69 Å². The Bertz CT molecular complexity index is 636. The van der Waals surface area contributed by atoms with Gasteiger partial charge in [-0.3, -0.25) is 20.4 Å². The third kappa shape index (κ3) is 3.81. The topological polar surface area (TPSA) is 64.7 Å². The molecule has 0 aromatic heterocycles. The number of benzene rings is 1. The molecule has 136 valence electrons. The van der Waals surface area contributed by atoms with Gasteiger partial charge in [0.15, 0.2) is 0 Å². The number of nitrogens with zero attached hydrogens (tertiary/aromatic N) is 2. The van der Waals surface area contributed by atoms with Crippen LogP contribution in [0.3, 0.4) is 0 Å². The van der Waals surface area contributed by atoms with Gasteiger partial charge in [0.1, 0.15) is 6.54 Å². The van der Waals surface area contributed by atoms with Crippen molar-refractivity contribution in [3.8, 4) is 0 Å². The summed E-state index contributed by atoms with van der Waals surface area (Å²) in [5, 5.41) is 0.640. The SMILES string of the molecule is CCCC1NNCC1C(=O)N1CC(=O)N(c2ccc(Cl)cc2)CC1C. The number of hydrazine groups is 1. The molecule has 2 heterocycles. The fraction of sp³-hybridized carbons (Fsp3) is 0.556. The van der Waals surface area contributed by atoms with Crippen LogP contribution in [0.2, 0.25) is 5.02 Å². The van der Waals surface area contributed by atoms with Gasteiger partial charge in [0.25, 0.3) is 0 Å². The summed E-state index contributed by atoms with van der Waals surface area (Å²) in [5.41, 5.74) is 7.10. The van der Waals surface area contributed by atoms with Gasteiger partial charge in [-0.15, -0.1) is 0 Å². The van der Waals surface area contributed by atoms with Crippen molar-refractivity contribution >= 4 is 29.1 Å². The van der Waals surface area contributed by atoms with Crippen molar-refractivity contribution in [3.63, 3.8) is 0 Å². The number of hydrogen-bond donors (Lipinski definition) is 2. The summed E-state index contributed by atoms with van der Waals surface area (Å²) in [6, 6.07) is 7.34. The summed E-state index contributed by atoms with van der Waals surface area (Å²) >= 11 is 5.92. The first kappa shape index (κ1) is 18.2. The molecule has 25 heavy (non-hydrogen) atoms. The van der Waals surface area contributed by atoms with Crippen LogP contribution in [-0.4, -0.2) is 48.4 Å². The van der Waals surface area contributed by atoms with E-state index in [1.54, 1.807) is 21.9 Å². The maximum Gasteiger partial charge on any atom is 0.246 e. The number of amides is 2. The van der Waals surface area contributed by atoms with E-state index in [0.29, 0.717) is 18.1 Å². The number of rotatable bonds is 4. The van der Waals surface area contributed by atoms with Crippen LogP contribution in [0.15, 0.2) is 24.3 Å². The Morgan fingerprint density at radius 2 is 2.04 bits per heavy atom. The third-order valence-electron chi connectivity index (χ3n) is 5.02. The van der Waals surface area contributed by atoms with E-state index >= 15 is 0 Å². The van der Waals surface area contributed by atoms with Crippen molar-refractivity contribution in [2.45, 2.75) is 38.8 Å². The minimum absolute atomic E-state index is 0.0243. The van der Waals surface area contributed by atoms with E-state index in [2.05, 4.69) is 17.8 Å². The lowest BCUT2D eigenvalue weighted by atomic mass is 9.95. The van der Waals surface area contributed by atoms with E-state index in [4.69, 9.17) is 11.6 Å². The van der Waals surface area contributed by atoms with Crippen molar-refractivity contribution in [3.05, 3.63) is 29.3 Å². The molecule has 2 amide bonds. The smallest absolute Gasteiger partial charge is 0.246 e. The van der Waals surface area contributed by atoms with E-state index in [1.807, 2.05) is 19.1 Å². The Morgan fingerprint density at radius 3 is 2.72 bits per heavy atom. The Morgan fingerprint density at radius 1 is 1.32 bits per heavy atom. The summed E-state index contributed by atoms with van der Waals surface area (Å²) in [6.07, 6.45) is 1.96. The summed E-state index contributed by atoms with van der Waals surface area (Å²) in [6.45, 7) is 5.34. The van der Waals surface area contributed by atoms with Crippen LogP contribution in [0.1, 0.15) is 26.7 Å². The van der Waals surface area contributed by atoms with Crippen molar-refractivity contribution < 1.29 is 9.59 Å². The molecule has 3 rings (SSSR count). The Hall–Kier alpha value is -1.63. The van der Waals surface area contributed by atoms with Crippen LogP contribution < -0.4 is 15.8 Å².